The molecule has 25 heavy (non-hydrogen) atoms. The van der Waals surface area contributed by atoms with Crippen LogP contribution < -0.4 is 15.5 Å². The summed E-state index contributed by atoms with van der Waals surface area (Å²) in [5, 5.41) is 16.8. The Balaban J connectivity index is 1.89. The van der Waals surface area contributed by atoms with Crippen molar-refractivity contribution in [3.8, 4) is 11.5 Å². The molecule has 0 bridgehead atoms. The fourth-order valence-corrected chi connectivity index (χ4v) is 2.47. The lowest BCUT2D eigenvalue weighted by atomic mass is 10.2. The van der Waals surface area contributed by atoms with Crippen LogP contribution in [0.5, 0.6) is 11.5 Å². The number of phenols is 1. The number of nitrogens with zero attached hydrogens (tertiary/aromatic N) is 1. The largest absolute Gasteiger partial charge is 0.503 e. The first-order chi connectivity index (χ1) is 12.0. The Morgan fingerprint density at radius 1 is 1.32 bits per heavy atom. The molecule has 0 radical (unpaired) electrons. The third-order valence-corrected chi connectivity index (χ3v) is 3.86. The van der Waals surface area contributed by atoms with E-state index in [2.05, 4.69) is 31.8 Å². The maximum absolute atomic E-state index is 11.8. The number of rotatable bonds is 7. The molecular weight excluding hydrogens is 386 g/mol. The van der Waals surface area contributed by atoms with Gasteiger partial charge in [-0.1, -0.05) is 17.7 Å². The van der Waals surface area contributed by atoms with Crippen LogP contribution in [0.1, 0.15) is 18.1 Å². The Labute approximate surface area is 155 Å². The van der Waals surface area contributed by atoms with Crippen LogP contribution in [0.2, 0.25) is 0 Å². The minimum absolute atomic E-state index is 0.0327. The topological polar surface area (TPSA) is 83.0 Å². The number of aryl methyl sites for hydroxylation is 1. The first kappa shape index (κ1) is 18.8. The molecule has 3 N–H and O–H groups in total. The van der Waals surface area contributed by atoms with Crippen molar-refractivity contribution >= 4 is 33.7 Å². The number of carbonyl (C=O) groups excluding carboxylic acids is 1. The molecule has 0 atom stereocenters. The van der Waals surface area contributed by atoms with Gasteiger partial charge in [-0.05, 0) is 59.6 Å². The molecule has 0 fully saturated rings. The zero-order valence-corrected chi connectivity index (χ0v) is 15.6. The zero-order chi connectivity index (χ0) is 18.2. The number of amides is 1. The molecule has 0 saturated heterocycles. The van der Waals surface area contributed by atoms with Gasteiger partial charge in [-0.25, -0.2) is 5.43 Å². The van der Waals surface area contributed by atoms with Crippen molar-refractivity contribution in [3.05, 3.63) is 52.0 Å². The smallest absolute Gasteiger partial charge is 0.259 e. The van der Waals surface area contributed by atoms with Gasteiger partial charge in [0.05, 0.1) is 23.8 Å². The lowest BCUT2D eigenvalue weighted by molar-refractivity contribution is -0.119. The number of nitrogens with one attached hydrogen (secondary N) is 2. The first-order valence-corrected chi connectivity index (χ1v) is 8.56. The number of ether oxygens (including phenoxy) is 1. The number of hydrazone groups is 1. The summed E-state index contributed by atoms with van der Waals surface area (Å²) in [4.78, 5) is 11.8. The molecular formula is C18H20BrN3O3. The summed E-state index contributed by atoms with van der Waals surface area (Å²) < 4.78 is 5.84. The minimum Gasteiger partial charge on any atom is -0.503 e. The molecule has 6 nitrogen and oxygen atoms in total. The highest BCUT2D eigenvalue weighted by Crippen LogP contribution is 2.34. The molecule has 0 unspecified atom stereocenters. The van der Waals surface area contributed by atoms with E-state index < -0.39 is 0 Å². The van der Waals surface area contributed by atoms with Crippen molar-refractivity contribution in [1.29, 1.82) is 0 Å². The number of aromatic hydroxyl groups is 1. The second kappa shape index (κ2) is 9.08. The maximum atomic E-state index is 11.8. The summed E-state index contributed by atoms with van der Waals surface area (Å²) in [5.74, 6) is 0.121. The summed E-state index contributed by atoms with van der Waals surface area (Å²) >= 11 is 3.25. The van der Waals surface area contributed by atoms with Gasteiger partial charge in [0.1, 0.15) is 0 Å². The van der Waals surface area contributed by atoms with E-state index in [1.54, 1.807) is 12.1 Å². The monoisotopic (exact) mass is 405 g/mol. The number of halogens is 1. The number of hydrogen-bond donors (Lipinski definition) is 3. The summed E-state index contributed by atoms with van der Waals surface area (Å²) in [6.45, 7) is 4.38. The van der Waals surface area contributed by atoms with E-state index in [1.807, 2.05) is 38.1 Å². The average Bonchev–Trinajstić information content (AvgIpc) is 2.59. The number of phenolic OH excluding ortho intramolecular Hbond substituents is 1. The fourth-order valence-electron chi connectivity index (χ4n) is 2.01. The standard InChI is InChI=1S/C18H20BrN3O3/c1-3-25-16-9-13(8-15(19)18(16)24)10-21-22-17(23)11-20-14-6-4-12(2)5-7-14/h4-10,20,24H,3,11H2,1-2H3,(H,22,23)/b21-10-. The van der Waals surface area contributed by atoms with Crippen molar-refractivity contribution in [1.82, 2.24) is 5.43 Å². The lowest BCUT2D eigenvalue weighted by Gasteiger charge is -2.08. The highest BCUT2D eigenvalue weighted by Gasteiger charge is 2.08. The maximum Gasteiger partial charge on any atom is 0.259 e. The van der Waals surface area contributed by atoms with Crippen molar-refractivity contribution in [2.24, 2.45) is 5.10 Å². The van der Waals surface area contributed by atoms with E-state index in [9.17, 15) is 9.90 Å². The van der Waals surface area contributed by atoms with Gasteiger partial charge in [-0.3, -0.25) is 4.79 Å². The molecule has 2 aromatic carbocycles. The Morgan fingerprint density at radius 2 is 2.04 bits per heavy atom. The SMILES string of the molecule is CCOc1cc(/C=N\NC(=O)CNc2ccc(C)cc2)cc(Br)c1O. The third kappa shape index (κ3) is 5.79. The van der Waals surface area contributed by atoms with E-state index >= 15 is 0 Å². The van der Waals surface area contributed by atoms with Gasteiger partial charge >= 0.3 is 0 Å². The number of benzene rings is 2. The number of anilines is 1. The predicted molar refractivity (Wildman–Crippen MR) is 102 cm³/mol. The van der Waals surface area contributed by atoms with Gasteiger partial charge in [0.25, 0.3) is 5.91 Å². The van der Waals surface area contributed by atoms with Crippen LogP contribution in [-0.4, -0.2) is 30.4 Å². The van der Waals surface area contributed by atoms with Gasteiger partial charge in [-0.15, -0.1) is 0 Å². The molecule has 2 rings (SSSR count). The summed E-state index contributed by atoms with van der Waals surface area (Å²) in [6.07, 6.45) is 1.48. The molecule has 1 amide bonds. The number of carbonyl (C=O) groups is 1. The van der Waals surface area contributed by atoms with Crippen molar-refractivity contribution in [2.75, 3.05) is 18.5 Å². The second-order valence-electron chi connectivity index (χ2n) is 5.30. The first-order valence-electron chi connectivity index (χ1n) is 7.77. The van der Waals surface area contributed by atoms with Gasteiger partial charge in [0.15, 0.2) is 11.5 Å². The molecule has 0 spiro atoms. The van der Waals surface area contributed by atoms with Crippen LogP contribution >= 0.6 is 15.9 Å². The quantitative estimate of drug-likeness (QED) is 0.486. The molecule has 0 aliphatic carbocycles. The van der Waals surface area contributed by atoms with Gasteiger partial charge in [0, 0.05) is 5.69 Å². The molecule has 0 aliphatic heterocycles. The predicted octanol–water partition coefficient (Wildman–Crippen LogP) is 3.42. The highest BCUT2D eigenvalue weighted by atomic mass is 79.9. The molecule has 0 aromatic heterocycles. The average molecular weight is 406 g/mol. The van der Waals surface area contributed by atoms with Crippen molar-refractivity contribution < 1.29 is 14.6 Å². The van der Waals surface area contributed by atoms with Crippen LogP contribution in [0.15, 0.2) is 46.0 Å². The van der Waals surface area contributed by atoms with Crippen LogP contribution in [0.4, 0.5) is 5.69 Å². The molecule has 0 aliphatic rings. The zero-order valence-electron chi connectivity index (χ0n) is 14.0. The normalized spacial score (nSPS) is 10.7. The van der Waals surface area contributed by atoms with Crippen molar-refractivity contribution in [3.63, 3.8) is 0 Å². The van der Waals surface area contributed by atoms with Crippen LogP contribution in [-0.2, 0) is 4.79 Å². The van der Waals surface area contributed by atoms with E-state index in [1.165, 1.54) is 6.21 Å². The Morgan fingerprint density at radius 3 is 2.72 bits per heavy atom. The Bertz CT molecular complexity index is 761. The highest BCUT2D eigenvalue weighted by molar-refractivity contribution is 9.10. The molecule has 0 heterocycles. The van der Waals surface area contributed by atoms with E-state index in [4.69, 9.17) is 4.74 Å². The molecule has 0 saturated carbocycles. The second-order valence-corrected chi connectivity index (χ2v) is 6.15. The summed E-state index contributed by atoms with van der Waals surface area (Å²) in [5.41, 5.74) is 5.16. The summed E-state index contributed by atoms with van der Waals surface area (Å²) in [7, 11) is 0. The fraction of sp³-hybridized carbons (Fsp3) is 0.222. The van der Waals surface area contributed by atoms with E-state index in [0.29, 0.717) is 22.4 Å². The van der Waals surface area contributed by atoms with Gasteiger partial charge in [-0.2, -0.15) is 5.10 Å². The van der Waals surface area contributed by atoms with Gasteiger partial charge < -0.3 is 15.2 Å². The lowest BCUT2D eigenvalue weighted by Crippen LogP contribution is -2.25. The Kier molecular flexibility index (Phi) is 6.82. The van der Waals surface area contributed by atoms with Crippen LogP contribution in [0.25, 0.3) is 0 Å². The molecule has 7 heteroatoms. The van der Waals surface area contributed by atoms with Gasteiger partial charge in [0.2, 0.25) is 0 Å². The van der Waals surface area contributed by atoms with Crippen LogP contribution in [0, 0.1) is 6.92 Å². The number of hydrogen-bond acceptors (Lipinski definition) is 5. The summed E-state index contributed by atoms with van der Waals surface area (Å²) in [6, 6.07) is 11.1. The Hall–Kier alpha value is -2.54. The van der Waals surface area contributed by atoms with Crippen LogP contribution in [0.3, 0.4) is 0 Å². The van der Waals surface area contributed by atoms with E-state index in [0.717, 1.165) is 11.3 Å². The molecule has 132 valence electrons. The van der Waals surface area contributed by atoms with Crippen molar-refractivity contribution in [2.45, 2.75) is 13.8 Å². The van der Waals surface area contributed by atoms with E-state index in [-0.39, 0.29) is 18.2 Å². The molecule has 2 aromatic rings. The third-order valence-electron chi connectivity index (χ3n) is 3.26. The minimum atomic E-state index is -0.264.